The summed E-state index contributed by atoms with van der Waals surface area (Å²) in [5, 5.41) is 41.8. The number of nitrogens with zero attached hydrogens (tertiary/aromatic N) is 2. The molecule has 6 N–H and O–H groups in total. The average molecular weight is 440 g/mol. The van der Waals surface area contributed by atoms with Gasteiger partial charge in [-0.05, 0) is 44.2 Å². The monoisotopic (exact) mass is 440 g/mol. The van der Waals surface area contributed by atoms with Gasteiger partial charge in [0.15, 0.2) is 6.23 Å². The molecule has 5 atom stereocenters. The lowest BCUT2D eigenvalue weighted by atomic mass is 9.98. The minimum atomic E-state index is -3.93. The zero-order valence-electron chi connectivity index (χ0n) is 16.3. The van der Waals surface area contributed by atoms with E-state index in [4.69, 9.17) is 4.74 Å². The fourth-order valence-electron chi connectivity index (χ4n) is 3.07. The molecule has 2 aromatic rings. The van der Waals surface area contributed by atoms with Crippen molar-refractivity contribution in [2.75, 3.05) is 16.6 Å². The van der Waals surface area contributed by atoms with E-state index in [1.54, 1.807) is 19.9 Å². The summed E-state index contributed by atoms with van der Waals surface area (Å²) in [6, 6.07) is 7.27. The van der Waals surface area contributed by atoms with Crippen molar-refractivity contribution in [2.24, 2.45) is 0 Å². The molecular weight excluding hydrogens is 416 g/mol. The van der Waals surface area contributed by atoms with E-state index in [0.29, 0.717) is 17.1 Å². The van der Waals surface area contributed by atoms with E-state index < -0.39 is 47.3 Å². The lowest BCUT2D eigenvalue weighted by Gasteiger charge is -2.40. The van der Waals surface area contributed by atoms with Gasteiger partial charge < -0.3 is 30.5 Å². The third-order valence-corrected chi connectivity index (χ3v) is 5.92. The van der Waals surface area contributed by atoms with Gasteiger partial charge in [0.25, 0.3) is 10.0 Å². The van der Waals surface area contributed by atoms with Gasteiger partial charge in [-0.3, -0.25) is 0 Å². The number of aryl methyl sites for hydroxylation is 2. The Labute approximate surface area is 173 Å². The zero-order valence-corrected chi connectivity index (χ0v) is 17.1. The maximum absolute atomic E-state index is 12.6. The standard InChI is InChI=1S/C18H24N4O7S/c1-9-7-10(2)20-18(19-9)22-30(27,28)12-5-3-11(4-6-12)21-17-16(26)15(25)14(24)13(8-23)29-17/h3-7,13-17,21,23-26H,8H2,1-2H3,(H,19,20,22). The van der Waals surface area contributed by atoms with Gasteiger partial charge in [0, 0.05) is 17.1 Å². The summed E-state index contributed by atoms with van der Waals surface area (Å²) in [6.07, 6.45) is -6.62. The summed E-state index contributed by atoms with van der Waals surface area (Å²) in [4.78, 5) is 8.07. The average Bonchev–Trinajstić information content (AvgIpc) is 2.67. The normalized spacial score (nSPS) is 26.9. The summed E-state index contributed by atoms with van der Waals surface area (Å²) in [5.74, 6) is -0.0315. The number of hydrogen-bond donors (Lipinski definition) is 6. The topological polar surface area (TPSA) is 174 Å². The molecule has 1 fully saturated rings. The van der Waals surface area contributed by atoms with Crippen LogP contribution in [0.1, 0.15) is 11.4 Å². The summed E-state index contributed by atoms with van der Waals surface area (Å²) >= 11 is 0. The second kappa shape index (κ2) is 8.79. The van der Waals surface area contributed by atoms with Crippen LogP contribution in [0.5, 0.6) is 0 Å². The highest BCUT2D eigenvalue weighted by molar-refractivity contribution is 7.92. The van der Waals surface area contributed by atoms with Gasteiger partial charge in [0.1, 0.15) is 24.4 Å². The van der Waals surface area contributed by atoms with Gasteiger partial charge in [-0.25, -0.2) is 23.1 Å². The quantitative estimate of drug-likeness (QED) is 0.330. The fourth-order valence-corrected chi connectivity index (χ4v) is 4.01. The summed E-state index contributed by atoms with van der Waals surface area (Å²) in [6.45, 7) is 2.91. The molecule has 2 heterocycles. The van der Waals surface area contributed by atoms with Crippen molar-refractivity contribution in [1.29, 1.82) is 0 Å². The molecule has 0 aliphatic carbocycles. The number of nitrogens with one attached hydrogen (secondary N) is 2. The number of anilines is 2. The number of benzene rings is 1. The predicted octanol–water partition coefficient (Wildman–Crippen LogP) is -0.894. The molecule has 30 heavy (non-hydrogen) atoms. The van der Waals surface area contributed by atoms with Crippen LogP contribution in [0, 0.1) is 13.8 Å². The van der Waals surface area contributed by atoms with Crippen molar-refractivity contribution in [3.63, 3.8) is 0 Å². The number of aromatic nitrogens is 2. The van der Waals surface area contributed by atoms with Crippen molar-refractivity contribution in [3.8, 4) is 0 Å². The Hall–Kier alpha value is -2.35. The molecule has 5 unspecified atom stereocenters. The maximum atomic E-state index is 12.6. The third kappa shape index (κ3) is 4.86. The van der Waals surface area contributed by atoms with E-state index in [2.05, 4.69) is 20.0 Å². The van der Waals surface area contributed by atoms with Crippen LogP contribution in [0.4, 0.5) is 11.6 Å². The second-order valence-corrected chi connectivity index (χ2v) is 8.68. The SMILES string of the molecule is Cc1cc(C)nc(NS(=O)(=O)c2ccc(NC3OC(CO)C(O)C(O)C3O)cc2)n1. The van der Waals surface area contributed by atoms with Crippen molar-refractivity contribution in [2.45, 2.75) is 49.4 Å². The van der Waals surface area contributed by atoms with Gasteiger partial charge in [-0.1, -0.05) is 0 Å². The van der Waals surface area contributed by atoms with E-state index >= 15 is 0 Å². The van der Waals surface area contributed by atoms with E-state index in [9.17, 15) is 28.8 Å². The minimum Gasteiger partial charge on any atom is -0.394 e. The highest BCUT2D eigenvalue weighted by Crippen LogP contribution is 2.24. The maximum Gasteiger partial charge on any atom is 0.264 e. The van der Waals surface area contributed by atoms with E-state index in [1.165, 1.54) is 24.3 Å². The Balaban J connectivity index is 1.72. The number of hydrogen-bond acceptors (Lipinski definition) is 10. The first-order valence-electron chi connectivity index (χ1n) is 9.13. The Morgan fingerprint density at radius 1 is 1.00 bits per heavy atom. The third-order valence-electron chi connectivity index (χ3n) is 4.57. The first kappa shape index (κ1) is 22.3. The lowest BCUT2D eigenvalue weighted by Crippen LogP contribution is -2.60. The first-order valence-corrected chi connectivity index (χ1v) is 10.6. The van der Waals surface area contributed by atoms with Crippen LogP contribution < -0.4 is 10.0 Å². The molecule has 1 aromatic heterocycles. The Morgan fingerprint density at radius 3 is 2.17 bits per heavy atom. The van der Waals surface area contributed by atoms with Crippen LogP contribution in [0.3, 0.4) is 0 Å². The molecule has 1 aliphatic rings. The summed E-state index contributed by atoms with van der Waals surface area (Å²) < 4.78 is 32.8. The van der Waals surface area contributed by atoms with Crippen LogP contribution in [0.25, 0.3) is 0 Å². The highest BCUT2D eigenvalue weighted by atomic mass is 32.2. The van der Waals surface area contributed by atoms with Gasteiger partial charge in [0.2, 0.25) is 5.95 Å². The van der Waals surface area contributed by atoms with Gasteiger partial charge >= 0.3 is 0 Å². The molecule has 164 valence electrons. The van der Waals surface area contributed by atoms with E-state index in [-0.39, 0.29) is 10.8 Å². The van der Waals surface area contributed by atoms with Crippen molar-refractivity contribution >= 4 is 21.7 Å². The van der Waals surface area contributed by atoms with Gasteiger partial charge in [-0.15, -0.1) is 0 Å². The van der Waals surface area contributed by atoms with Crippen molar-refractivity contribution in [1.82, 2.24) is 9.97 Å². The molecule has 1 aromatic carbocycles. The van der Waals surface area contributed by atoms with Crippen LogP contribution in [-0.2, 0) is 14.8 Å². The highest BCUT2D eigenvalue weighted by Gasteiger charge is 2.43. The lowest BCUT2D eigenvalue weighted by molar-refractivity contribution is -0.221. The number of ether oxygens (including phenoxy) is 1. The number of rotatable bonds is 6. The number of aliphatic hydroxyl groups is 4. The molecule has 0 bridgehead atoms. The summed E-state index contributed by atoms with van der Waals surface area (Å²) in [7, 11) is -3.93. The molecule has 11 nitrogen and oxygen atoms in total. The van der Waals surface area contributed by atoms with Crippen LogP contribution in [-0.4, -0.2) is 76.1 Å². The Kier molecular flexibility index (Phi) is 6.55. The molecular formula is C18H24N4O7S. The fraction of sp³-hybridized carbons (Fsp3) is 0.444. The zero-order chi connectivity index (χ0) is 22.1. The molecule has 0 spiro atoms. The molecule has 1 aliphatic heterocycles. The van der Waals surface area contributed by atoms with Crippen molar-refractivity contribution in [3.05, 3.63) is 41.7 Å². The predicted molar refractivity (Wildman–Crippen MR) is 106 cm³/mol. The molecule has 3 rings (SSSR count). The van der Waals surface area contributed by atoms with Gasteiger partial charge in [0.05, 0.1) is 11.5 Å². The minimum absolute atomic E-state index is 0.0315. The Bertz CT molecular complexity index is 964. The van der Waals surface area contributed by atoms with Crippen LogP contribution >= 0.6 is 0 Å². The molecule has 0 radical (unpaired) electrons. The second-order valence-electron chi connectivity index (χ2n) is 7.00. The molecule has 1 saturated heterocycles. The van der Waals surface area contributed by atoms with E-state index in [0.717, 1.165) is 0 Å². The van der Waals surface area contributed by atoms with E-state index in [1.807, 2.05) is 0 Å². The van der Waals surface area contributed by atoms with Crippen LogP contribution in [0.15, 0.2) is 35.2 Å². The first-order chi connectivity index (χ1) is 14.1. The molecule has 0 saturated carbocycles. The largest absolute Gasteiger partial charge is 0.394 e. The Morgan fingerprint density at radius 2 is 1.60 bits per heavy atom. The van der Waals surface area contributed by atoms with Gasteiger partial charge in [-0.2, -0.15) is 0 Å². The number of sulfonamides is 1. The van der Waals surface area contributed by atoms with Crippen molar-refractivity contribution < 1.29 is 33.6 Å². The van der Waals surface area contributed by atoms with Crippen LogP contribution in [0.2, 0.25) is 0 Å². The number of aliphatic hydroxyl groups excluding tert-OH is 4. The molecule has 12 heteroatoms. The molecule has 0 amide bonds. The summed E-state index contributed by atoms with van der Waals surface area (Å²) in [5.41, 5.74) is 1.64. The smallest absolute Gasteiger partial charge is 0.264 e.